The van der Waals surface area contributed by atoms with Gasteiger partial charge in [0.15, 0.2) is 6.29 Å². The van der Waals surface area contributed by atoms with Gasteiger partial charge in [0.05, 0.1) is 17.7 Å². The number of morpholine rings is 1. The molecular formula is C22H26F7NO2. The number of hydrogen-bond donors (Lipinski definition) is 1. The molecule has 0 saturated carbocycles. The lowest BCUT2D eigenvalue weighted by atomic mass is 10.0. The first-order valence-corrected chi connectivity index (χ1v) is 9.96. The zero-order chi connectivity index (χ0) is 24.4. The van der Waals surface area contributed by atoms with Crippen LogP contribution in [0.2, 0.25) is 0 Å². The van der Waals surface area contributed by atoms with Gasteiger partial charge in [-0.05, 0) is 42.3 Å². The van der Waals surface area contributed by atoms with Crippen LogP contribution in [0.5, 0.6) is 0 Å². The third kappa shape index (κ3) is 9.97. The van der Waals surface area contributed by atoms with Gasteiger partial charge < -0.3 is 9.84 Å². The summed E-state index contributed by atoms with van der Waals surface area (Å²) in [6.07, 6.45) is -10.7. The smallest absolute Gasteiger partial charge is 0.367 e. The average Bonchev–Trinajstić information content (AvgIpc) is 2.73. The summed E-state index contributed by atoms with van der Waals surface area (Å²) in [6.45, 7) is 5.13. The van der Waals surface area contributed by atoms with Gasteiger partial charge in [-0.3, -0.25) is 4.90 Å². The molecule has 0 radical (unpaired) electrons. The number of aliphatic hydroxyl groups excluding tert-OH is 1. The molecule has 0 aromatic heterocycles. The number of β-amino-alcohol motifs (C(OH)–C–C–N with tert-alkyl or cyclic N) is 1. The molecule has 32 heavy (non-hydrogen) atoms. The van der Waals surface area contributed by atoms with Gasteiger partial charge in [0.1, 0.15) is 5.82 Å². The van der Waals surface area contributed by atoms with Crippen molar-refractivity contribution in [1.29, 1.82) is 0 Å². The second-order valence-corrected chi connectivity index (χ2v) is 6.59. The minimum Gasteiger partial charge on any atom is -0.367 e. The number of hydrogen-bond acceptors (Lipinski definition) is 3. The van der Waals surface area contributed by atoms with Crippen molar-refractivity contribution in [2.45, 2.75) is 38.9 Å². The van der Waals surface area contributed by atoms with E-state index in [4.69, 9.17) is 4.74 Å². The molecule has 1 fully saturated rings. The molecule has 1 aliphatic rings. The molecule has 180 valence electrons. The van der Waals surface area contributed by atoms with E-state index in [0.29, 0.717) is 6.54 Å². The molecule has 0 spiro atoms. The molecule has 1 N–H and O–H groups in total. The Labute approximate surface area is 182 Å². The van der Waals surface area contributed by atoms with Crippen LogP contribution in [0.3, 0.4) is 0 Å². The van der Waals surface area contributed by atoms with E-state index in [9.17, 15) is 35.8 Å². The fourth-order valence-corrected chi connectivity index (χ4v) is 2.75. The minimum absolute atomic E-state index is 0.0136. The van der Waals surface area contributed by atoms with Crippen molar-refractivity contribution in [3.05, 3.63) is 71.0 Å². The quantitative estimate of drug-likeness (QED) is 0.580. The number of benzene rings is 2. The number of alkyl halides is 6. The van der Waals surface area contributed by atoms with E-state index < -0.39 is 29.8 Å². The van der Waals surface area contributed by atoms with Crippen molar-refractivity contribution in [2.75, 3.05) is 26.2 Å². The minimum atomic E-state index is -4.84. The lowest BCUT2D eigenvalue weighted by Gasteiger charge is -2.30. The molecule has 0 amide bonds. The Morgan fingerprint density at radius 3 is 1.88 bits per heavy atom. The highest BCUT2D eigenvalue weighted by atomic mass is 19.4. The Morgan fingerprint density at radius 2 is 1.47 bits per heavy atom. The largest absolute Gasteiger partial charge is 0.416 e. The van der Waals surface area contributed by atoms with Gasteiger partial charge >= 0.3 is 12.4 Å². The van der Waals surface area contributed by atoms with Gasteiger partial charge in [-0.1, -0.05) is 32.0 Å². The zero-order valence-corrected chi connectivity index (χ0v) is 17.7. The zero-order valence-electron chi connectivity index (χ0n) is 17.7. The summed E-state index contributed by atoms with van der Waals surface area (Å²) >= 11 is 0. The maximum absolute atomic E-state index is 12.8. The monoisotopic (exact) mass is 469 g/mol. The second kappa shape index (κ2) is 12.8. The molecule has 1 atom stereocenters. The molecule has 2 aromatic carbocycles. The predicted octanol–water partition coefficient (Wildman–Crippen LogP) is 5.77. The lowest BCUT2D eigenvalue weighted by molar-refractivity contribution is -0.145. The van der Waals surface area contributed by atoms with Crippen LogP contribution in [0, 0.1) is 5.82 Å². The van der Waals surface area contributed by atoms with Crippen LogP contribution >= 0.6 is 0 Å². The number of halogens is 7. The summed E-state index contributed by atoms with van der Waals surface area (Å²) in [5.74, 6) is -0.178. The van der Waals surface area contributed by atoms with E-state index in [1.165, 1.54) is 12.1 Å². The number of rotatable bonds is 3. The predicted molar refractivity (Wildman–Crippen MR) is 106 cm³/mol. The van der Waals surface area contributed by atoms with Crippen molar-refractivity contribution in [2.24, 2.45) is 0 Å². The third-order valence-corrected chi connectivity index (χ3v) is 4.23. The van der Waals surface area contributed by atoms with Crippen LogP contribution in [0.25, 0.3) is 0 Å². The van der Waals surface area contributed by atoms with E-state index in [0.717, 1.165) is 12.1 Å². The average molecular weight is 469 g/mol. The molecule has 10 heteroatoms. The maximum Gasteiger partial charge on any atom is 0.416 e. The van der Waals surface area contributed by atoms with Crippen molar-refractivity contribution >= 4 is 0 Å². The first-order valence-electron chi connectivity index (χ1n) is 9.96. The Balaban J connectivity index is 0.000000477. The van der Waals surface area contributed by atoms with Crippen molar-refractivity contribution in [3.63, 3.8) is 0 Å². The summed E-state index contributed by atoms with van der Waals surface area (Å²) in [7, 11) is 0. The van der Waals surface area contributed by atoms with Crippen LogP contribution in [0.15, 0.2) is 48.5 Å². The molecule has 1 heterocycles. The van der Waals surface area contributed by atoms with Gasteiger partial charge in [0.25, 0.3) is 0 Å². The highest BCUT2D eigenvalue weighted by Crippen LogP contribution is 2.36. The first-order chi connectivity index (χ1) is 14.9. The molecule has 0 unspecified atom stereocenters. The highest BCUT2D eigenvalue weighted by Gasteiger charge is 2.36. The van der Waals surface area contributed by atoms with Crippen LogP contribution < -0.4 is 0 Å². The standard InChI is InChI=1S/C14H15F6NO2.C6H5F.C2H6/c15-13(16,17)10-5-9(6-11(7-10)14(18,19)20)1-2-21-3-4-23-12(22)8-21;7-6-4-2-1-3-5-6;1-2/h5-7,12,22H,1-4,8H2;1-5H;1-2H3/t12-;;/m1../s1. The normalized spacial score (nSPS) is 17.0. The number of ether oxygens (including phenoxy) is 1. The van der Waals surface area contributed by atoms with Crippen LogP contribution in [0.1, 0.15) is 30.5 Å². The fourth-order valence-electron chi connectivity index (χ4n) is 2.75. The van der Waals surface area contributed by atoms with E-state index in [-0.39, 0.29) is 43.6 Å². The van der Waals surface area contributed by atoms with E-state index in [1.54, 1.807) is 23.1 Å². The van der Waals surface area contributed by atoms with Gasteiger partial charge in [0, 0.05) is 19.6 Å². The van der Waals surface area contributed by atoms with Gasteiger partial charge in [-0.15, -0.1) is 0 Å². The summed E-state index contributed by atoms with van der Waals surface area (Å²) < 4.78 is 93.3. The van der Waals surface area contributed by atoms with E-state index in [2.05, 4.69) is 0 Å². The second-order valence-electron chi connectivity index (χ2n) is 6.59. The molecule has 3 nitrogen and oxygen atoms in total. The Hall–Kier alpha value is -2.17. The van der Waals surface area contributed by atoms with Crippen molar-refractivity contribution < 1.29 is 40.6 Å². The number of nitrogens with zero attached hydrogens (tertiary/aromatic N) is 1. The summed E-state index contributed by atoms with van der Waals surface area (Å²) in [4.78, 5) is 1.72. The lowest BCUT2D eigenvalue weighted by Crippen LogP contribution is -2.43. The van der Waals surface area contributed by atoms with E-state index in [1.807, 2.05) is 13.8 Å². The molecule has 0 aliphatic carbocycles. The van der Waals surface area contributed by atoms with Crippen LogP contribution in [-0.4, -0.2) is 42.5 Å². The Morgan fingerprint density at radius 1 is 0.938 bits per heavy atom. The molecular weight excluding hydrogens is 443 g/mol. The third-order valence-electron chi connectivity index (χ3n) is 4.23. The van der Waals surface area contributed by atoms with Gasteiger partial charge in [0.2, 0.25) is 0 Å². The Bertz CT molecular complexity index is 763. The maximum atomic E-state index is 12.8. The van der Waals surface area contributed by atoms with E-state index >= 15 is 0 Å². The highest BCUT2D eigenvalue weighted by molar-refractivity contribution is 5.33. The van der Waals surface area contributed by atoms with Crippen molar-refractivity contribution in [3.8, 4) is 0 Å². The molecule has 2 aromatic rings. The number of aliphatic hydroxyl groups is 1. The Kier molecular flexibility index (Phi) is 11.1. The van der Waals surface area contributed by atoms with Crippen molar-refractivity contribution in [1.82, 2.24) is 4.90 Å². The first kappa shape index (κ1) is 27.9. The topological polar surface area (TPSA) is 32.7 Å². The van der Waals surface area contributed by atoms with Crippen LogP contribution in [-0.2, 0) is 23.5 Å². The fraction of sp³-hybridized carbons (Fsp3) is 0.455. The summed E-state index contributed by atoms with van der Waals surface area (Å²) in [6, 6.07) is 9.51. The molecule has 1 saturated heterocycles. The molecule has 0 bridgehead atoms. The molecule has 1 aliphatic heterocycles. The SMILES string of the molecule is CC.Fc1ccccc1.O[C@H]1CN(CCc2cc(C(F)(F)F)cc(C(F)(F)F)c2)CCO1. The summed E-state index contributed by atoms with van der Waals surface area (Å²) in [5.41, 5.74) is -2.68. The van der Waals surface area contributed by atoms with Gasteiger partial charge in [-0.25, -0.2) is 4.39 Å². The van der Waals surface area contributed by atoms with Crippen LogP contribution in [0.4, 0.5) is 30.7 Å². The summed E-state index contributed by atoms with van der Waals surface area (Å²) in [5, 5.41) is 9.32. The molecule has 3 rings (SSSR count). The van der Waals surface area contributed by atoms with Gasteiger partial charge in [-0.2, -0.15) is 26.3 Å².